The lowest BCUT2D eigenvalue weighted by Crippen LogP contribution is -2.43. The Morgan fingerprint density at radius 3 is 2.69 bits per heavy atom. The first-order chi connectivity index (χ1) is 7.61. The molecule has 5 nitrogen and oxygen atoms in total. The summed E-state index contributed by atoms with van der Waals surface area (Å²) in [7, 11) is -3.24. The van der Waals surface area contributed by atoms with Crippen LogP contribution in [0.1, 0.15) is 32.1 Å². The van der Waals surface area contributed by atoms with Gasteiger partial charge in [0.15, 0.2) is 0 Å². The van der Waals surface area contributed by atoms with Crippen molar-refractivity contribution in [1.82, 2.24) is 4.31 Å². The molecule has 1 fully saturated rings. The summed E-state index contributed by atoms with van der Waals surface area (Å²) < 4.78 is 25.5. The molecule has 0 aliphatic carbocycles. The summed E-state index contributed by atoms with van der Waals surface area (Å²) in [6.07, 6.45) is 4.17. The van der Waals surface area contributed by atoms with E-state index in [-0.39, 0.29) is 18.4 Å². The van der Waals surface area contributed by atoms with E-state index in [1.54, 1.807) is 0 Å². The minimum absolute atomic E-state index is 0.0815. The van der Waals surface area contributed by atoms with E-state index < -0.39 is 10.0 Å². The van der Waals surface area contributed by atoms with Gasteiger partial charge in [-0.05, 0) is 25.8 Å². The number of hydrogen-bond acceptors (Lipinski definition) is 4. The highest BCUT2D eigenvalue weighted by atomic mass is 32.2. The van der Waals surface area contributed by atoms with Crippen LogP contribution in [0.4, 0.5) is 0 Å². The van der Waals surface area contributed by atoms with Gasteiger partial charge in [-0.2, -0.15) is 4.31 Å². The molecule has 0 bridgehead atoms. The van der Waals surface area contributed by atoms with Crippen LogP contribution in [0.5, 0.6) is 0 Å². The summed E-state index contributed by atoms with van der Waals surface area (Å²) in [5, 5.41) is 9.24. The van der Waals surface area contributed by atoms with Crippen molar-refractivity contribution in [2.24, 2.45) is 5.73 Å². The maximum Gasteiger partial charge on any atom is 0.214 e. The van der Waals surface area contributed by atoms with E-state index in [0.717, 1.165) is 25.7 Å². The molecule has 1 aliphatic heterocycles. The lowest BCUT2D eigenvalue weighted by Gasteiger charge is -2.27. The molecular formula is C10H22N2O3S. The maximum absolute atomic E-state index is 12.0. The van der Waals surface area contributed by atoms with Crippen LogP contribution in [0.25, 0.3) is 0 Å². The molecule has 0 spiro atoms. The average Bonchev–Trinajstić information content (AvgIpc) is 2.51. The molecule has 6 heteroatoms. The van der Waals surface area contributed by atoms with Gasteiger partial charge in [-0.15, -0.1) is 0 Å². The van der Waals surface area contributed by atoms with Crippen LogP contribution in [0.3, 0.4) is 0 Å². The van der Waals surface area contributed by atoms with E-state index in [0.29, 0.717) is 19.5 Å². The van der Waals surface area contributed by atoms with Crippen molar-refractivity contribution in [1.29, 1.82) is 0 Å². The highest BCUT2D eigenvalue weighted by Gasteiger charge is 2.29. The van der Waals surface area contributed by atoms with Crippen molar-refractivity contribution >= 4 is 10.0 Å². The normalized spacial score (nSPS) is 24.2. The molecule has 3 N–H and O–H groups in total. The first-order valence-corrected chi connectivity index (χ1v) is 7.53. The topological polar surface area (TPSA) is 83.6 Å². The molecule has 0 radical (unpaired) electrons. The van der Waals surface area contributed by atoms with Crippen LogP contribution >= 0.6 is 0 Å². The molecule has 0 aromatic rings. The van der Waals surface area contributed by atoms with Crippen molar-refractivity contribution < 1.29 is 13.5 Å². The molecule has 1 saturated heterocycles. The Balaban J connectivity index is 2.72. The number of sulfonamides is 1. The third kappa shape index (κ3) is 3.69. The summed E-state index contributed by atoms with van der Waals surface area (Å²) in [6, 6.07) is -0.231. The van der Waals surface area contributed by atoms with Gasteiger partial charge in [-0.1, -0.05) is 12.8 Å². The fourth-order valence-electron chi connectivity index (χ4n) is 2.08. The number of hydrogen-bond donors (Lipinski definition) is 2. The molecule has 1 heterocycles. The Kier molecular flexibility index (Phi) is 5.68. The van der Waals surface area contributed by atoms with Gasteiger partial charge in [0.1, 0.15) is 0 Å². The molecular weight excluding hydrogens is 228 g/mol. The van der Waals surface area contributed by atoms with Gasteiger partial charge in [0.2, 0.25) is 10.0 Å². The van der Waals surface area contributed by atoms with Gasteiger partial charge in [0.25, 0.3) is 0 Å². The van der Waals surface area contributed by atoms with E-state index in [1.165, 1.54) is 4.31 Å². The van der Waals surface area contributed by atoms with Crippen LogP contribution in [0.15, 0.2) is 0 Å². The Hall–Kier alpha value is -0.170. The molecule has 0 saturated carbocycles. The Morgan fingerprint density at radius 1 is 1.31 bits per heavy atom. The largest absolute Gasteiger partial charge is 0.395 e. The van der Waals surface area contributed by atoms with Gasteiger partial charge in [0.05, 0.1) is 12.4 Å². The van der Waals surface area contributed by atoms with Gasteiger partial charge in [0, 0.05) is 12.6 Å². The smallest absolute Gasteiger partial charge is 0.214 e. The molecule has 0 aromatic heterocycles. The number of rotatable bonds is 5. The SMILES string of the molecule is NCCCS(=O)(=O)N1CCCCCC1CO. The van der Waals surface area contributed by atoms with E-state index in [2.05, 4.69) is 0 Å². The van der Waals surface area contributed by atoms with E-state index >= 15 is 0 Å². The summed E-state index contributed by atoms with van der Waals surface area (Å²) >= 11 is 0. The van der Waals surface area contributed by atoms with Gasteiger partial charge >= 0.3 is 0 Å². The quantitative estimate of drug-likeness (QED) is 0.714. The van der Waals surface area contributed by atoms with Crippen molar-refractivity contribution in [3.05, 3.63) is 0 Å². The van der Waals surface area contributed by atoms with Gasteiger partial charge < -0.3 is 10.8 Å². The third-order valence-corrected chi connectivity index (χ3v) is 5.00. The minimum atomic E-state index is -3.24. The first kappa shape index (κ1) is 13.9. The highest BCUT2D eigenvalue weighted by Crippen LogP contribution is 2.20. The lowest BCUT2D eigenvalue weighted by molar-refractivity contribution is 0.186. The predicted octanol–water partition coefficient (Wildman–Crippen LogP) is -0.0981. The summed E-state index contributed by atoms with van der Waals surface area (Å²) in [6.45, 7) is 0.844. The lowest BCUT2D eigenvalue weighted by atomic mass is 10.1. The second-order valence-corrected chi connectivity index (χ2v) is 6.30. The number of nitrogens with zero attached hydrogens (tertiary/aromatic N) is 1. The zero-order chi connectivity index (χ0) is 12.0. The number of aliphatic hydroxyl groups excluding tert-OH is 1. The Morgan fingerprint density at radius 2 is 2.06 bits per heavy atom. The molecule has 1 unspecified atom stereocenters. The standard InChI is InChI=1S/C10H22N2O3S/c11-6-4-8-16(14,15)12-7-3-1-2-5-10(12)9-13/h10,13H,1-9,11H2. The van der Waals surface area contributed by atoms with Gasteiger partial charge in [-0.3, -0.25) is 0 Å². The van der Waals surface area contributed by atoms with Crippen LogP contribution in [-0.4, -0.2) is 49.3 Å². The van der Waals surface area contributed by atoms with Crippen molar-refractivity contribution in [3.63, 3.8) is 0 Å². The second kappa shape index (κ2) is 6.54. The molecule has 0 aromatic carbocycles. The number of aliphatic hydroxyl groups is 1. The summed E-state index contributed by atoms with van der Waals surface area (Å²) in [4.78, 5) is 0. The van der Waals surface area contributed by atoms with Crippen LogP contribution < -0.4 is 5.73 Å². The van der Waals surface area contributed by atoms with E-state index in [4.69, 9.17) is 5.73 Å². The van der Waals surface area contributed by atoms with Crippen LogP contribution in [-0.2, 0) is 10.0 Å². The predicted molar refractivity (Wildman–Crippen MR) is 63.5 cm³/mol. The molecule has 96 valence electrons. The van der Waals surface area contributed by atoms with Crippen LogP contribution in [0, 0.1) is 0 Å². The zero-order valence-corrected chi connectivity index (χ0v) is 10.5. The second-order valence-electron chi connectivity index (χ2n) is 4.25. The Bertz CT molecular complexity index is 292. The molecule has 1 rings (SSSR count). The molecule has 1 aliphatic rings. The summed E-state index contributed by atoms with van der Waals surface area (Å²) in [5.41, 5.74) is 5.33. The fraction of sp³-hybridized carbons (Fsp3) is 1.00. The maximum atomic E-state index is 12.0. The summed E-state index contributed by atoms with van der Waals surface area (Å²) in [5.74, 6) is 0.0972. The number of nitrogens with two attached hydrogens (primary N) is 1. The van der Waals surface area contributed by atoms with Gasteiger partial charge in [-0.25, -0.2) is 8.42 Å². The monoisotopic (exact) mass is 250 g/mol. The van der Waals surface area contributed by atoms with E-state index in [9.17, 15) is 13.5 Å². The zero-order valence-electron chi connectivity index (χ0n) is 9.64. The molecule has 16 heavy (non-hydrogen) atoms. The molecule has 0 amide bonds. The van der Waals surface area contributed by atoms with E-state index in [1.807, 2.05) is 0 Å². The van der Waals surface area contributed by atoms with Crippen molar-refractivity contribution in [2.45, 2.75) is 38.1 Å². The van der Waals surface area contributed by atoms with Crippen molar-refractivity contribution in [2.75, 3.05) is 25.4 Å². The third-order valence-electron chi connectivity index (χ3n) is 3.00. The fourth-order valence-corrected chi connectivity index (χ4v) is 3.88. The van der Waals surface area contributed by atoms with Crippen LogP contribution in [0.2, 0.25) is 0 Å². The minimum Gasteiger partial charge on any atom is -0.395 e. The molecule has 1 atom stereocenters. The highest BCUT2D eigenvalue weighted by molar-refractivity contribution is 7.89. The first-order valence-electron chi connectivity index (χ1n) is 5.92. The average molecular weight is 250 g/mol. The Labute approximate surface area is 97.7 Å². The van der Waals surface area contributed by atoms with Crippen molar-refractivity contribution in [3.8, 4) is 0 Å².